The van der Waals surface area contributed by atoms with E-state index in [9.17, 15) is 4.79 Å². The molecule has 0 spiro atoms. The summed E-state index contributed by atoms with van der Waals surface area (Å²) in [6.45, 7) is 0.535. The molecule has 5 heteroatoms. The summed E-state index contributed by atoms with van der Waals surface area (Å²) in [4.78, 5) is 17.1. The van der Waals surface area contributed by atoms with Crippen molar-refractivity contribution in [3.63, 3.8) is 0 Å². The SMILES string of the molecule is CN(Cc1c[nH]c2ccccc12)C(=O)COc1ccc(Cl)cc1. The van der Waals surface area contributed by atoms with Crippen LogP contribution in [0.2, 0.25) is 5.02 Å². The molecule has 0 saturated carbocycles. The van der Waals surface area contributed by atoms with Gasteiger partial charge in [-0.3, -0.25) is 4.79 Å². The van der Waals surface area contributed by atoms with Crippen molar-refractivity contribution in [1.82, 2.24) is 9.88 Å². The van der Waals surface area contributed by atoms with Crippen LogP contribution in [0.4, 0.5) is 0 Å². The molecule has 1 N–H and O–H groups in total. The van der Waals surface area contributed by atoms with E-state index in [1.807, 2.05) is 30.5 Å². The van der Waals surface area contributed by atoms with Crippen LogP contribution in [0.5, 0.6) is 5.75 Å². The summed E-state index contributed by atoms with van der Waals surface area (Å²) in [5.74, 6) is 0.550. The number of aromatic nitrogens is 1. The van der Waals surface area contributed by atoms with Gasteiger partial charge in [0, 0.05) is 35.7 Å². The number of rotatable bonds is 5. The smallest absolute Gasteiger partial charge is 0.260 e. The van der Waals surface area contributed by atoms with Crippen LogP contribution in [-0.4, -0.2) is 29.4 Å². The van der Waals surface area contributed by atoms with Crippen molar-refractivity contribution in [1.29, 1.82) is 0 Å². The number of H-pyrrole nitrogens is 1. The first-order valence-corrected chi connectivity index (χ1v) is 7.68. The first kappa shape index (κ1) is 15.4. The van der Waals surface area contributed by atoms with E-state index in [0.717, 1.165) is 16.5 Å². The van der Waals surface area contributed by atoms with Crippen LogP contribution < -0.4 is 4.74 Å². The Balaban J connectivity index is 1.60. The van der Waals surface area contributed by atoms with Crippen LogP contribution in [0.3, 0.4) is 0 Å². The lowest BCUT2D eigenvalue weighted by Gasteiger charge is -2.17. The van der Waals surface area contributed by atoms with Gasteiger partial charge in [0.25, 0.3) is 5.91 Å². The molecular weight excluding hydrogens is 312 g/mol. The highest BCUT2D eigenvalue weighted by Gasteiger charge is 2.12. The predicted octanol–water partition coefficient (Wildman–Crippen LogP) is 3.86. The molecule has 0 fully saturated rings. The molecule has 3 aromatic rings. The van der Waals surface area contributed by atoms with E-state index in [-0.39, 0.29) is 12.5 Å². The minimum absolute atomic E-state index is 0.000484. The summed E-state index contributed by atoms with van der Waals surface area (Å²) in [5.41, 5.74) is 2.16. The van der Waals surface area contributed by atoms with E-state index < -0.39 is 0 Å². The molecule has 0 atom stereocenters. The number of ether oxygens (including phenoxy) is 1. The zero-order valence-corrected chi connectivity index (χ0v) is 13.5. The molecule has 3 rings (SSSR count). The summed E-state index contributed by atoms with van der Waals surface area (Å²) >= 11 is 5.82. The third-order valence-electron chi connectivity index (χ3n) is 3.68. The highest BCUT2D eigenvalue weighted by Crippen LogP contribution is 2.19. The number of nitrogens with one attached hydrogen (secondary N) is 1. The minimum atomic E-state index is -0.0785. The van der Waals surface area contributed by atoms with E-state index in [1.54, 1.807) is 36.2 Å². The predicted molar refractivity (Wildman–Crippen MR) is 91.7 cm³/mol. The maximum absolute atomic E-state index is 12.2. The summed E-state index contributed by atoms with van der Waals surface area (Å²) in [5, 5.41) is 1.77. The van der Waals surface area contributed by atoms with Gasteiger partial charge in [-0.15, -0.1) is 0 Å². The standard InChI is InChI=1S/C18H17ClN2O2/c1-21(11-13-10-20-17-5-3-2-4-16(13)17)18(22)12-23-15-8-6-14(19)7-9-15/h2-10,20H,11-12H2,1H3. The molecule has 2 aromatic carbocycles. The molecule has 23 heavy (non-hydrogen) atoms. The number of hydrogen-bond acceptors (Lipinski definition) is 2. The summed E-state index contributed by atoms with van der Waals surface area (Å²) < 4.78 is 5.49. The van der Waals surface area contributed by atoms with Gasteiger partial charge >= 0.3 is 0 Å². The highest BCUT2D eigenvalue weighted by molar-refractivity contribution is 6.30. The molecule has 1 heterocycles. The zero-order valence-electron chi connectivity index (χ0n) is 12.8. The van der Waals surface area contributed by atoms with Crippen molar-refractivity contribution in [3.05, 3.63) is 65.3 Å². The molecule has 0 aliphatic rings. The Hall–Kier alpha value is -2.46. The first-order chi connectivity index (χ1) is 11.1. The number of likely N-dealkylation sites (N-methyl/N-ethyl adjacent to an activating group) is 1. The number of benzene rings is 2. The van der Waals surface area contributed by atoms with E-state index in [4.69, 9.17) is 16.3 Å². The normalized spacial score (nSPS) is 10.7. The number of aromatic amines is 1. The average molecular weight is 329 g/mol. The lowest BCUT2D eigenvalue weighted by Crippen LogP contribution is -2.30. The Labute approximate surface area is 139 Å². The second-order valence-corrected chi connectivity index (χ2v) is 5.79. The fourth-order valence-corrected chi connectivity index (χ4v) is 2.52. The van der Waals surface area contributed by atoms with E-state index in [2.05, 4.69) is 4.98 Å². The van der Waals surface area contributed by atoms with Crippen molar-refractivity contribution in [2.75, 3.05) is 13.7 Å². The van der Waals surface area contributed by atoms with Crippen molar-refractivity contribution in [2.24, 2.45) is 0 Å². The molecule has 118 valence electrons. The van der Waals surface area contributed by atoms with Crippen LogP contribution >= 0.6 is 11.6 Å². The molecule has 0 bridgehead atoms. The van der Waals surface area contributed by atoms with Gasteiger partial charge < -0.3 is 14.6 Å². The van der Waals surface area contributed by atoms with Crippen LogP contribution in [0.25, 0.3) is 10.9 Å². The van der Waals surface area contributed by atoms with Gasteiger partial charge in [-0.25, -0.2) is 0 Å². The summed E-state index contributed by atoms with van der Waals surface area (Å²) in [6.07, 6.45) is 1.94. The molecule has 4 nitrogen and oxygen atoms in total. The second kappa shape index (κ2) is 6.75. The largest absolute Gasteiger partial charge is 0.484 e. The van der Waals surface area contributed by atoms with Gasteiger partial charge in [-0.1, -0.05) is 29.8 Å². The number of halogens is 1. The number of hydrogen-bond donors (Lipinski definition) is 1. The number of para-hydroxylation sites is 1. The zero-order chi connectivity index (χ0) is 16.2. The Kier molecular flexibility index (Phi) is 4.53. The first-order valence-electron chi connectivity index (χ1n) is 7.31. The van der Waals surface area contributed by atoms with Gasteiger partial charge in [-0.2, -0.15) is 0 Å². The van der Waals surface area contributed by atoms with Gasteiger partial charge in [0.05, 0.1) is 0 Å². The minimum Gasteiger partial charge on any atom is -0.484 e. The fourth-order valence-electron chi connectivity index (χ4n) is 2.39. The quantitative estimate of drug-likeness (QED) is 0.773. The third-order valence-corrected chi connectivity index (χ3v) is 3.94. The lowest BCUT2D eigenvalue weighted by atomic mass is 10.1. The highest BCUT2D eigenvalue weighted by atomic mass is 35.5. The number of amides is 1. The van der Waals surface area contributed by atoms with Gasteiger partial charge in [0.15, 0.2) is 6.61 Å². The molecule has 0 aliphatic carbocycles. The molecule has 0 unspecified atom stereocenters. The Morgan fingerprint density at radius 3 is 2.70 bits per heavy atom. The van der Waals surface area contributed by atoms with E-state index >= 15 is 0 Å². The third kappa shape index (κ3) is 3.66. The van der Waals surface area contributed by atoms with Gasteiger partial charge in [0.1, 0.15) is 5.75 Å². The van der Waals surface area contributed by atoms with Crippen molar-refractivity contribution < 1.29 is 9.53 Å². The van der Waals surface area contributed by atoms with Gasteiger partial charge in [-0.05, 0) is 35.9 Å². The molecule has 0 radical (unpaired) electrons. The van der Waals surface area contributed by atoms with Crippen LogP contribution in [0, 0.1) is 0 Å². The summed E-state index contributed by atoms with van der Waals surface area (Å²) in [7, 11) is 1.77. The van der Waals surface area contributed by atoms with Crippen molar-refractivity contribution in [3.8, 4) is 5.75 Å². The lowest BCUT2D eigenvalue weighted by molar-refractivity contribution is -0.132. The molecule has 0 aliphatic heterocycles. The topological polar surface area (TPSA) is 45.3 Å². The molecule has 1 amide bonds. The van der Waals surface area contributed by atoms with Crippen molar-refractivity contribution >= 4 is 28.4 Å². The number of fused-ring (bicyclic) bond motifs is 1. The van der Waals surface area contributed by atoms with E-state index in [0.29, 0.717) is 17.3 Å². The maximum Gasteiger partial charge on any atom is 0.260 e. The van der Waals surface area contributed by atoms with Crippen LogP contribution in [0.15, 0.2) is 54.7 Å². The Morgan fingerprint density at radius 2 is 1.91 bits per heavy atom. The second-order valence-electron chi connectivity index (χ2n) is 5.35. The molecule has 1 aromatic heterocycles. The van der Waals surface area contributed by atoms with Gasteiger partial charge in [0.2, 0.25) is 0 Å². The Morgan fingerprint density at radius 1 is 1.17 bits per heavy atom. The maximum atomic E-state index is 12.2. The number of nitrogens with zero attached hydrogens (tertiary/aromatic N) is 1. The Bertz CT molecular complexity index is 811. The van der Waals surface area contributed by atoms with Crippen LogP contribution in [-0.2, 0) is 11.3 Å². The molecule has 0 saturated heterocycles. The van der Waals surface area contributed by atoms with E-state index in [1.165, 1.54) is 0 Å². The molecular formula is C18H17ClN2O2. The fraction of sp³-hybridized carbons (Fsp3) is 0.167. The number of carbonyl (C=O) groups is 1. The monoisotopic (exact) mass is 328 g/mol. The van der Waals surface area contributed by atoms with Crippen molar-refractivity contribution in [2.45, 2.75) is 6.54 Å². The average Bonchev–Trinajstić information content (AvgIpc) is 2.97. The van der Waals surface area contributed by atoms with Crippen LogP contribution in [0.1, 0.15) is 5.56 Å². The number of carbonyl (C=O) groups excluding carboxylic acids is 1. The summed E-state index contributed by atoms with van der Waals surface area (Å²) in [6, 6.07) is 15.0.